The number of benzene rings is 1. The van der Waals surface area contributed by atoms with Crippen molar-refractivity contribution in [1.29, 1.82) is 0 Å². The van der Waals surface area contributed by atoms with Gasteiger partial charge < -0.3 is 20.7 Å². The van der Waals surface area contributed by atoms with Crippen LogP contribution in [0, 0.1) is 5.41 Å². The van der Waals surface area contributed by atoms with Crippen molar-refractivity contribution in [2.24, 2.45) is 11.1 Å². The fraction of sp³-hybridized carbons (Fsp3) is 0.611. The van der Waals surface area contributed by atoms with E-state index in [-0.39, 0.29) is 30.7 Å². The molecule has 0 atom stereocenters. The van der Waals surface area contributed by atoms with Gasteiger partial charge >= 0.3 is 0 Å². The second-order valence-corrected chi connectivity index (χ2v) is 6.13. The molecule has 1 amide bonds. The molecule has 0 spiro atoms. The van der Waals surface area contributed by atoms with E-state index in [1.807, 2.05) is 52.2 Å². The molecule has 0 unspecified atom stereocenters. The van der Waals surface area contributed by atoms with Gasteiger partial charge in [0.05, 0.1) is 5.41 Å². The van der Waals surface area contributed by atoms with Crippen molar-refractivity contribution >= 4 is 30.7 Å². The number of carbonyl (C=O) groups is 1. The number of nitrogens with one attached hydrogen (secondary N) is 1. The van der Waals surface area contributed by atoms with Crippen molar-refractivity contribution in [1.82, 2.24) is 10.2 Å². The second-order valence-electron chi connectivity index (χ2n) is 6.13. The van der Waals surface area contributed by atoms with Crippen LogP contribution in [-0.4, -0.2) is 44.6 Å². The molecule has 25 heavy (non-hydrogen) atoms. The molecule has 0 aromatic heterocycles. The van der Waals surface area contributed by atoms with E-state index in [1.54, 1.807) is 0 Å². The summed E-state index contributed by atoms with van der Waals surface area (Å²) in [6, 6.07) is 7.81. The summed E-state index contributed by atoms with van der Waals surface area (Å²) in [4.78, 5) is 14.6. The molecule has 0 saturated carbocycles. The first-order chi connectivity index (χ1) is 11.0. The molecule has 1 aromatic carbocycles. The fourth-order valence-electron chi connectivity index (χ4n) is 2.44. The van der Waals surface area contributed by atoms with Crippen molar-refractivity contribution in [2.75, 3.05) is 33.8 Å². The first-order valence-corrected chi connectivity index (χ1v) is 8.33. The number of carbonyl (C=O) groups excluding carboxylic acids is 1. The first kappa shape index (κ1) is 26.2. The number of nitrogens with two attached hydrogens (primary N) is 1. The molecule has 0 radical (unpaired) electrons. The molecule has 1 rings (SSSR count). The molecule has 146 valence electrons. The van der Waals surface area contributed by atoms with Gasteiger partial charge in [0.2, 0.25) is 5.91 Å². The van der Waals surface area contributed by atoms with Crippen molar-refractivity contribution in [3.8, 4) is 5.75 Å². The average molecular weight is 394 g/mol. The molecule has 0 aliphatic rings. The Morgan fingerprint density at radius 1 is 1.20 bits per heavy atom. The Morgan fingerprint density at radius 3 is 2.32 bits per heavy atom. The third-order valence-electron chi connectivity index (χ3n) is 4.43. The van der Waals surface area contributed by atoms with Gasteiger partial charge in [0.25, 0.3) is 0 Å². The lowest BCUT2D eigenvalue weighted by atomic mass is 9.81. The Kier molecular flexibility index (Phi) is 13.9. The number of hydrogen-bond donors (Lipinski definition) is 2. The number of ether oxygens (including phenoxy) is 1. The van der Waals surface area contributed by atoms with Crippen LogP contribution in [0.25, 0.3) is 0 Å². The average Bonchev–Trinajstić information content (AvgIpc) is 2.55. The summed E-state index contributed by atoms with van der Waals surface area (Å²) in [5.74, 6) is 0.842. The van der Waals surface area contributed by atoms with Gasteiger partial charge in [0, 0.05) is 25.2 Å². The summed E-state index contributed by atoms with van der Waals surface area (Å²) in [6.07, 6.45) is 1.49. The largest absolute Gasteiger partial charge is 0.492 e. The number of amides is 1. The van der Waals surface area contributed by atoms with Crippen LogP contribution in [0.2, 0.25) is 0 Å². The highest BCUT2D eigenvalue weighted by atomic mass is 35.5. The van der Waals surface area contributed by atoms with E-state index in [0.29, 0.717) is 19.7 Å². The summed E-state index contributed by atoms with van der Waals surface area (Å²) < 4.78 is 5.83. The van der Waals surface area contributed by atoms with Crippen LogP contribution in [0.4, 0.5) is 0 Å². The normalized spacial score (nSPS) is 10.6. The van der Waals surface area contributed by atoms with Crippen LogP contribution in [-0.2, 0) is 11.3 Å². The highest BCUT2D eigenvalue weighted by Gasteiger charge is 2.33. The number of para-hydroxylation sites is 1. The number of rotatable bonds is 10. The van der Waals surface area contributed by atoms with E-state index in [1.165, 1.54) is 0 Å². The standard InChI is InChI=1S/C18H31N3O2.2ClH/c1-5-18(6-2,14-19)17(22)20-13-15-9-7-8-10-16(15)23-12-11-21(3)4;;/h7-10H,5-6,11-14,19H2,1-4H3,(H,20,22);2*1H. The van der Waals surface area contributed by atoms with E-state index in [0.717, 1.165) is 30.7 Å². The Hall–Kier alpha value is -1.01. The van der Waals surface area contributed by atoms with Crippen molar-refractivity contribution in [2.45, 2.75) is 33.2 Å². The molecule has 1 aromatic rings. The second kappa shape index (κ2) is 13.2. The zero-order valence-electron chi connectivity index (χ0n) is 15.7. The van der Waals surface area contributed by atoms with Gasteiger partial charge in [-0.1, -0.05) is 32.0 Å². The van der Waals surface area contributed by atoms with Gasteiger partial charge in [-0.15, -0.1) is 24.8 Å². The summed E-state index contributed by atoms with van der Waals surface area (Å²) in [7, 11) is 4.02. The maximum absolute atomic E-state index is 12.5. The SMILES string of the molecule is CCC(CC)(CN)C(=O)NCc1ccccc1OCCN(C)C.Cl.Cl. The smallest absolute Gasteiger partial charge is 0.227 e. The fourth-order valence-corrected chi connectivity index (χ4v) is 2.44. The molecular formula is C18H33Cl2N3O2. The maximum Gasteiger partial charge on any atom is 0.227 e. The Bertz CT molecular complexity index is 487. The predicted octanol–water partition coefficient (Wildman–Crippen LogP) is 2.85. The summed E-state index contributed by atoms with van der Waals surface area (Å²) >= 11 is 0. The van der Waals surface area contributed by atoms with Crippen LogP contribution < -0.4 is 15.8 Å². The van der Waals surface area contributed by atoms with Crippen LogP contribution in [0.1, 0.15) is 32.3 Å². The van der Waals surface area contributed by atoms with Gasteiger partial charge in [-0.3, -0.25) is 4.79 Å². The minimum Gasteiger partial charge on any atom is -0.492 e. The van der Waals surface area contributed by atoms with E-state index in [2.05, 4.69) is 10.2 Å². The van der Waals surface area contributed by atoms with E-state index in [4.69, 9.17) is 10.5 Å². The van der Waals surface area contributed by atoms with E-state index < -0.39 is 5.41 Å². The van der Waals surface area contributed by atoms with Crippen LogP contribution in [0.3, 0.4) is 0 Å². The number of halogens is 2. The predicted molar refractivity (Wildman–Crippen MR) is 109 cm³/mol. The quantitative estimate of drug-likeness (QED) is 0.641. The number of nitrogens with zero attached hydrogens (tertiary/aromatic N) is 1. The molecule has 0 bridgehead atoms. The minimum atomic E-state index is -0.472. The highest BCUT2D eigenvalue weighted by molar-refractivity contribution is 5.85. The molecule has 0 aliphatic heterocycles. The van der Waals surface area contributed by atoms with Crippen LogP contribution in [0.15, 0.2) is 24.3 Å². The molecule has 0 heterocycles. The van der Waals surface area contributed by atoms with Crippen LogP contribution >= 0.6 is 24.8 Å². The lowest BCUT2D eigenvalue weighted by Gasteiger charge is -2.28. The molecule has 0 aliphatic carbocycles. The zero-order chi connectivity index (χ0) is 17.3. The maximum atomic E-state index is 12.5. The lowest BCUT2D eigenvalue weighted by molar-refractivity contribution is -0.131. The topological polar surface area (TPSA) is 67.6 Å². The number of likely N-dealkylation sites (N-methyl/N-ethyl adjacent to an activating group) is 1. The molecule has 0 saturated heterocycles. The third-order valence-corrected chi connectivity index (χ3v) is 4.43. The van der Waals surface area contributed by atoms with Crippen molar-refractivity contribution < 1.29 is 9.53 Å². The van der Waals surface area contributed by atoms with Gasteiger partial charge in [0.1, 0.15) is 12.4 Å². The van der Waals surface area contributed by atoms with Gasteiger partial charge in [-0.05, 0) is 33.0 Å². The van der Waals surface area contributed by atoms with E-state index in [9.17, 15) is 4.79 Å². The van der Waals surface area contributed by atoms with E-state index >= 15 is 0 Å². The summed E-state index contributed by atoms with van der Waals surface area (Å²) in [5.41, 5.74) is 6.34. The third kappa shape index (κ3) is 7.82. The van der Waals surface area contributed by atoms with Gasteiger partial charge in [-0.2, -0.15) is 0 Å². The number of hydrogen-bond acceptors (Lipinski definition) is 4. The van der Waals surface area contributed by atoms with Crippen molar-refractivity contribution in [3.63, 3.8) is 0 Å². The minimum absolute atomic E-state index is 0. The summed E-state index contributed by atoms with van der Waals surface area (Å²) in [5, 5.41) is 3.02. The van der Waals surface area contributed by atoms with Crippen molar-refractivity contribution in [3.05, 3.63) is 29.8 Å². The first-order valence-electron chi connectivity index (χ1n) is 8.33. The molecule has 5 nitrogen and oxygen atoms in total. The Labute approximate surface area is 164 Å². The van der Waals surface area contributed by atoms with Gasteiger partial charge in [-0.25, -0.2) is 0 Å². The Balaban J connectivity index is 0. The molecular weight excluding hydrogens is 361 g/mol. The highest BCUT2D eigenvalue weighted by Crippen LogP contribution is 2.25. The zero-order valence-corrected chi connectivity index (χ0v) is 17.3. The molecule has 3 N–H and O–H groups in total. The Morgan fingerprint density at radius 2 is 1.80 bits per heavy atom. The summed E-state index contributed by atoms with van der Waals surface area (Å²) in [6.45, 7) is 6.31. The molecule has 0 fully saturated rings. The monoisotopic (exact) mass is 393 g/mol. The van der Waals surface area contributed by atoms with Crippen LogP contribution in [0.5, 0.6) is 5.75 Å². The lowest BCUT2D eigenvalue weighted by Crippen LogP contribution is -2.45. The van der Waals surface area contributed by atoms with Gasteiger partial charge in [0.15, 0.2) is 0 Å². The molecule has 7 heteroatoms.